The van der Waals surface area contributed by atoms with Crippen molar-refractivity contribution in [1.29, 1.82) is 0 Å². The van der Waals surface area contributed by atoms with Gasteiger partial charge in [0.2, 0.25) is 0 Å². The average Bonchev–Trinajstić information content (AvgIpc) is 1.96. The molecule has 0 spiro atoms. The summed E-state index contributed by atoms with van der Waals surface area (Å²) in [6.07, 6.45) is 1.74. The number of hydrogen-bond donors (Lipinski definition) is 1. The fourth-order valence-corrected chi connectivity index (χ4v) is 1.45. The summed E-state index contributed by atoms with van der Waals surface area (Å²) in [5, 5.41) is 0. The third-order valence-electron chi connectivity index (χ3n) is 1.55. The van der Waals surface area contributed by atoms with Crippen LogP contribution in [-0.2, 0) is 6.54 Å². The maximum Gasteiger partial charge on any atom is 0.264 e. The molecule has 0 bridgehead atoms. The van der Waals surface area contributed by atoms with Gasteiger partial charge in [-0.1, -0.05) is 0 Å². The molecule has 0 saturated heterocycles. The molecule has 72 valence electrons. The summed E-state index contributed by atoms with van der Waals surface area (Å²) >= 11 is 3.18. The van der Waals surface area contributed by atoms with Gasteiger partial charge in [-0.25, -0.2) is 0 Å². The molecule has 0 fully saturated rings. The second-order valence-corrected chi connectivity index (χ2v) is 4.63. The standard InChI is InChI=1S/C9H13BrN2O/c1-9(2,11)6-12-5-3-4-7(10)8(12)13/h3-5H,6,11H2,1-2H3. The minimum Gasteiger partial charge on any atom is -0.324 e. The van der Waals surface area contributed by atoms with E-state index in [0.29, 0.717) is 11.0 Å². The van der Waals surface area contributed by atoms with Crippen LogP contribution in [0.15, 0.2) is 27.6 Å². The van der Waals surface area contributed by atoms with E-state index in [1.165, 1.54) is 0 Å². The van der Waals surface area contributed by atoms with Crippen LogP contribution < -0.4 is 11.3 Å². The van der Waals surface area contributed by atoms with Crippen molar-refractivity contribution in [3.05, 3.63) is 33.2 Å². The van der Waals surface area contributed by atoms with Crippen molar-refractivity contribution in [2.45, 2.75) is 25.9 Å². The van der Waals surface area contributed by atoms with Gasteiger partial charge in [0.25, 0.3) is 5.56 Å². The molecule has 0 aliphatic rings. The molecule has 4 heteroatoms. The Hall–Kier alpha value is -0.610. The van der Waals surface area contributed by atoms with E-state index in [0.717, 1.165) is 0 Å². The van der Waals surface area contributed by atoms with Crippen molar-refractivity contribution in [3.63, 3.8) is 0 Å². The molecule has 0 amide bonds. The topological polar surface area (TPSA) is 48.0 Å². The monoisotopic (exact) mass is 244 g/mol. The molecule has 0 radical (unpaired) electrons. The van der Waals surface area contributed by atoms with E-state index in [9.17, 15) is 4.79 Å². The molecule has 0 unspecified atom stereocenters. The quantitative estimate of drug-likeness (QED) is 0.854. The van der Waals surface area contributed by atoms with E-state index in [2.05, 4.69) is 15.9 Å². The Morgan fingerprint density at radius 3 is 2.77 bits per heavy atom. The molecule has 0 atom stereocenters. The summed E-state index contributed by atoms with van der Waals surface area (Å²) < 4.78 is 2.17. The molecule has 0 saturated carbocycles. The number of hydrogen-bond acceptors (Lipinski definition) is 2. The second kappa shape index (κ2) is 3.64. The first kappa shape index (κ1) is 10.5. The zero-order valence-corrected chi connectivity index (χ0v) is 9.34. The summed E-state index contributed by atoms with van der Waals surface area (Å²) in [5.41, 5.74) is 5.40. The smallest absolute Gasteiger partial charge is 0.264 e. The minimum atomic E-state index is -0.370. The van der Waals surface area contributed by atoms with Gasteiger partial charge in [-0.2, -0.15) is 0 Å². The fraction of sp³-hybridized carbons (Fsp3) is 0.444. The van der Waals surface area contributed by atoms with E-state index in [-0.39, 0.29) is 11.1 Å². The van der Waals surface area contributed by atoms with E-state index in [1.54, 1.807) is 16.8 Å². The van der Waals surface area contributed by atoms with Crippen LogP contribution in [0.3, 0.4) is 0 Å². The molecule has 0 aliphatic carbocycles. The first-order valence-electron chi connectivity index (χ1n) is 4.04. The van der Waals surface area contributed by atoms with Crippen LogP contribution in [0.25, 0.3) is 0 Å². The molecule has 1 aromatic rings. The maximum absolute atomic E-state index is 11.5. The van der Waals surface area contributed by atoms with Crippen molar-refractivity contribution in [2.75, 3.05) is 0 Å². The highest BCUT2D eigenvalue weighted by atomic mass is 79.9. The van der Waals surface area contributed by atoms with Crippen LogP contribution in [0.2, 0.25) is 0 Å². The van der Waals surface area contributed by atoms with Gasteiger partial charge in [0.1, 0.15) is 0 Å². The third kappa shape index (κ3) is 2.97. The lowest BCUT2D eigenvalue weighted by Crippen LogP contribution is -2.40. The van der Waals surface area contributed by atoms with Gasteiger partial charge in [0.15, 0.2) is 0 Å². The molecule has 13 heavy (non-hydrogen) atoms. The molecule has 1 heterocycles. The Bertz CT molecular complexity index is 351. The van der Waals surface area contributed by atoms with Crippen LogP contribution in [0, 0.1) is 0 Å². The molecular weight excluding hydrogens is 232 g/mol. The average molecular weight is 245 g/mol. The molecule has 3 nitrogen and oxygen atoms in total. The number of rotatable bonds is 2. The van der Waals surface area contributed by atoms with Gasteiger partial charge in [-0.3, -0.25) is 4.79 Å². The number of halogens is 1. The van der Waals surface area contributed by atoms with E-state index in [4.69, 9.17) is 5.73 Å². The van der Waals surface area contributed by atoms with Gasteiger partial charge in [-0.05, 0) is 41.9 Å². The summed E-state index contributed by atoms with van der Waals surface area (Å²) in [6.45, 7) is 4.30. The zero-order valence-electron chi connectivity index (χ0n) is 7.75. The van der Waals surface area contributed by atoms with Crippen LogP contribution in [-0.4, -0.2) is 10.1 Å². The van der Waals surface area contributed by atoms with E-state index < -0.39 is 0 Å². The summed E-state index contributed by atoms with van der Waals surface area (Å²) in [4.78, 5) is 11.5. The Morgan fingerprint density at radius 1 is 1.62 bits per heavy atom. The summed E-state index contributed by atoms with van der Waals surface area (Å²) in [7, 11) is 0. The van der Waals surface area contributed by atoms with E-state index in [1.807, 2.05) is 19.9 Å². The maximum atomic E-state index is 11.5. The second-order valence-electron chi connectivity index (χ2n) is 3.78. The minimum absolute atomic E-state index is 0.0407. The van der Waals surface area contributed by atoms with Crippen LogP contribution in [0.1, 0.15) is 13.8 Å². The SMILES string of the molecule is CC(C)(N)Cn1cccc(Br)c1=O. The lowest BCUT2D eigenvalue weighted by atomic mass is 10.1. The first-order valence-corrected chi connectivity index (χ1v) is 4.83. The molecular formula is C9H13BrN2O. The predicted molar refractivity (Wildman–Crippen MR) is 56.7 cm³/mol. The van der Waals surface area contributed by atoms with Crippen molar-refractivity contribution >= 4 is 15.9 Å². The highest BCUT2D eigenvalue weighted by Gasteiger charge is 2.12. The first-order chi connectivity index (χ1) is 5.90. The van der Waals surface area contributed by atoms with E-state index >= 15 is 0 Å². The van der Waals surface area contributed by atoms with Crippen molar-refractivity contribution in [1.82, 2.24) is 4.57 Å². The molecule has 0 aromatic carbocycles. The largest absolute Gasteiger partial charge is 0.324 e. The molecule has 2 N–H and O–H groups in total. The highest BCUT2D eigenvalue weighted by molar-refractivity contribution is 9.10. The van der Waals surface area contributed by atoms with Gasteiger partial charge in [-0.15, -0.1) is 0 Å². The zero-order chi connectivity index (χ0) is 10.1. The number of nitrogens with two attached hydrogens (primary N) is 1. The number of aromatic nitrogens is 1. The lowest BCUT2D eigenvalue weighted by Gasteiger charge is -2.19. The van der Waals surface area contributed by atoms with Crippen LogP contribution in [0.4, 0.5) is 0 Å². The number of nitrogens with zero attached hydrogens (tertiary/aromatic N) is 1. The van der Waals surface area contributed by atoms with Gasteiger partial charge >= 0.3 is 0 Å². The van der Waals surface area contributed by atoms with Crippen LogP contribution in [0.5, 0.6) is 0 Å². The highest BCUT2D eigenvalue weighted by Crippen LogP contribution is 2.04. The number of pyridine rings is 1. The molecule has 1 rings (SSSR count). The Kier molecular flexibility index (Phi) is 2.93. The fourth-order valence-electron chi connectivity index (χ4n) is 1.07. The Labute approximate surface area is 85.7 Å². The van der Waals surface area contributed by atoms with Crippen LogP contribution >= 0.6 is 15.9 Å². The van der Waals surface area contributed by atoms with Crippen molar-refractivity contribution in [2.24, 2.45) is 5.73 Å². The van der Waals surface area contributed by atoms with Gasteiger partial charge in [0.05, 0.1) is 4.47 Å². The molecule has 0 aliphatic heterocycles. The normalized spacial score (nSPS) is 11.7. The van der Waals surface area contributed by atoms with Gasteiger partial charge in [0, 0.05) is 18.3 Å². The third-order valence-corrected chi connectivity index (χ3v) is 2.16. The van der Waals surface area contributed by atoms with Gasteiger partial charge < -0.3 is 10.3 Å². The lowest BCUT2D eigenvalue weighted by molar-refractivity contribution is 0.426. The Balaban J connectivity index is 3.03. The summed E-state index contributed by atoms with van der Waals surface area (Å²) in [6, 6.07) is 3.54. The molecule has 1 aromatic heterocycles. The Morgan fingerprint density at radius 2 is 2.23 bits per heavy atom. The summed E-state index contributed by atoms with van der Waals surface area (Å²) in [5.74, 6) is 0. The van der Waals surface area contributed by atoms with Crippen molar-refractivity contribution in [3.8, 4) is 0 Å². The predicted octanol–water partition coefficient (Wildman–Crippen LogP) is 1.35. The van der Waals surface area contributed by atoms with Crippen molar-refractivity contribution < 1.29 is 0 Å².